The Bertz CT molecular complexity index is 411. The first-order valence-corrected chi connectivity index (χ1v) is 7.39. The first kappa shape index (κ1) is 14.9. The molecule has 0 aliphatic carbocycles. The summed E-state index contributed by atoms with van der Waals surface area (Å²) in [5, 5.41) is 10.7. The molecule has 0 heterocycles. The fraction of sp³-hybridized carbons (Fsp3) is 0.533. The van der Waals surface area contributed by atoms with Gasteiger partial charge in [-0.15, -0.1) is 0 Å². The Hall–Kier alpha value is -1.14. The van der Waals surface area contributed by atoms with Crippen LogP contribution in [0.2, 0.25) is 0 Å². The summed E-state index contributed by atoms with van der Waals surface area (Å²) in [6.07, 6.45) is 2.05. The zero-order valence-corrected chi connectivity index (χ0v) is 12.2. The van der Waals surface area contributed by atoms with Crippen LogP contribution in [-0.4, -0.2) is 12.4 Å². The van der Waals surface area contributed by atoms with Crippen LogP contribution >= 0.6 is 11.8 Å². The minimum absolute atomic E-state index is 0.524. The molecule has 0 amide bonds. The smallest absolute Gasteiger partial charge is 0.133 e. The van der Waals surface area contributed by atoms with Crippen LogP contribution in [0.1, 0.15) is 31.4 Å². The lowest BCUT2D eigenvalue weighted by molar-refractivity contribution is 0.317. The van der Waals surface area contributed by atoms with Gasteiger partial charge in [-0.1, -0.05) is 19.9 Å². The van der Waals surface area contributed by atoms with Gasteiger partial charge in [-0.25, -0.2) is 0 Å². The van der Waals surface area contributed by atoms with E-state index in [-0.39, 0.29) is 0 Å². The average Bonchev–Trinajstić information content (AvgIpc) is 2.36. The summed E-state index contributed by atoms with van der Waals surface area (Å²) in [4.78, 5) is 0. The van der Waals surface area contributed by atoms with Gasteiger partial charge in [-0.2, -0.15) is 5.26 Å². The molecule has 18 heavy (non-hydrogen) atoms. The average molecular weight is 263 g/mol. The van der Waals surface area contributed by atoms with Crippen LogP contribution in [-0.2, 0) is 6.42 Å². The number of aryl methyl sites for hydroxylation is 1. The largest absolute Gasteiger partial charge is 0.494 e. The maximum Gasteiger partial charge on any atom is 0.133 e. The lowest BCUT2D eigenvalue weighted by atomic mass is 9.98. The Morgan fingerprint density at radius 3 is 2.83 bits per heavy atom. The van der Waals surface area contributed by atoms with Gasteiger partial charge in [0.25, 0.3) is 0 Å². The van der Waals surface area contributed by atoms with E-state index in [9.17, 15) is 0 Å². The zero-order valence-electron chi connectivity index (χ0n) is 11.4. The summed E-state index contributed by atoms with van der Waals surface area (Å²) in [6, 6.07) is 6.30. The van der Waals surface area contributed by atoms with Crippen LogP contribution in [0.4, 0.5) is 0 Å². The van der Waals surface area contributed by atoms with Crippen molar-refractivity contribution >= 4 is 11.8 Å². The van der Waals surface area contributed by atoms with Gasteiger partial charge in [-0.05, 0) is 60.7 Å². The Morgan fingerprint density at radius 2 is 2.22 bits per heavy atom. The molecule has 0 aliphatic rings. The van der Waals surface area contributed by atoms with Gasteiger partial charge in [0.1, 0.15) is 11.2 Å². The fourth-order valence-electron chi connectivity index (χ4n) is 1.82. The minimum atomic E-state index is 0.524. The van der Waals surface area contributed by atoms with E-state index >= 15 is 0 Å². The summed E-state index contributed by atoms with van der Waals surface area (Å²) in [7, 11) is 0. The van der Waals surface area contributed by atoms with Crippen molar-refractivity contribution in [3.05, 3.63) is 29.3 Å². The Morgan fingerprint density at radius 1 is 1.44 bits per heavy atom. The summed E-state index contributed by atoms with van der Waals surface area (Å²) in [5.74, 6) is 2.37. The fourth-order valence-corrected chi connectivity index (χ4v) is 2.30. The summed E-state index contributed by atoms with van der Waals surface area (Å²) in [6.45, 7) is 7.19. The van der Waals surface area contributed by atoms with Gasteiger partial charge in [0, 0.05) is 5.75 Å². The van der Waals surface area contributed by atoms with Crippen LogP contribution in [0.5, 0.6) is 5.75 Å². The topological polar surface area (TPSA) is 33.0 Å². The van der Waals surface area contributed by atoms with Gasteiger partial charge >= 0.3 is 0 Å². The third-order valence-electron chi connectivity index (χ3n) is 2.79. The molecule has 0 N–H and O–H groups in total. The molecule has 0 bridgehead atoms. The van der Waals surface area contributed by atoms with Crippen molar-refractivity contribution in [3.63, 3.8) is 0 Å². The molecule has 0 aliphatic heterocycles. The predicted molar refractivity (Wildman–Crippen MR) is 77.9 cm³/mol. The van der Waals surface area contributed by atoms with Crippen LogP contribution in [0, 0.1) is 23.5 Å². The molecule has 2 nitrogen and oxygen atoms in total. The van der Waals surface area contributed by atoms with E-state index in [4.69, 9.17) is 10.00 Å². The summed E-state index contributed by atoms with van der Waals surface area (Å²) < 4.78 is 5.61. The second-order valence-electron chi connectivity index (χ2n) is 4.65. The number of ether oxygens (including phenoxy) is 1. The third kappa shape index (κ3) is 5.01. The van der Waals surface area contributed by atoms with Gasteiger partial charge in [0.2, 0.25) is 0 Å². The van der Waals surface area contributed by atoms with Gasteiger partial charge in [0.15, 0.2) is 0 Å². The number of nitriles is 1. The molecule has 0 radical (unpaired) electrons. The standard InChI is InChI=1S/C15H21NOS/c1-4-7-17-15-6-5-14(13(3)9-15)8-12(2)10-18-11-16/h5-6,9,12H,4,7-8,10H2,1-3H3. The third-order valence-corrected chi connectivity index (χ3v) is 3.65. The van der Waals surface area contributed by atoms with E-state index in [0.717, 1.165) is 31.0 Å². The van der Waals surface area contributed by atoms with E-state index in [1.54, 1.807) is 0 Å². The first-order chi connectivity index (χ1) is 8.67. The van der Waals surface area contributed by atoms with Gasteiger partial charge in [0.05, 0.1) is 6.61 Å². The highest BCUT2D eigenvalue weighted by Crippen LogP contribution is 2.21. The highest BCUT2D eigenvalue weighted by atomic mass is 32.2. The number of nitrogens with zero attached hydrogens (tertiary/aromatic N) is 1. The predicted octanol–water partition coefficient (Wildman–Crippen LogP) is 4.18. The van der Waals surface area contributed by atoms with Crippen molar-refractivity contribution in [2.45, 2.75) is 33.6 Å². The molecule has 1 aromatic carbocycles. The van der Waals surface area contributed by atoms with Crippen molar-refractivity contribution in [1.82, 2.24) is 0 Å². The van der Waals surface area contributed by atoms with Crippen molar-refractivity contribution in [2.24, 2.45) is 5.92 Å². The molecule has 0 spiro atoms. The second kappa shape index (κ2) is 8.05. The monoisotopic (exact) mass is 263 g/mol. The number of hydrogen-bond acceptors (Lipinski definition) is 3. The highest BCUT2D eigenvalue weighted by molar-refractivity contribution is 8.03. The van der Waals surface area contributed by atoms with Gasteiger partial charge in [-0.3, -0.25) is 0 Å². The first-order valence-electron chi connectivity index (χ1n) is 6.40. The maximum absolute atomic E-state index is 8.55. The van der Waals surface area contributed by atoms with Crippen molar-refractivity contribution in [3.8, 4) is 11.2 Å². The SMILES string of the molecule is CCCOc1ccc(CC(C)CSC#N)c(C)c1. The van der Waals surface area contributed by atoms with Crippen LogP contribution in [0.25, 0.3) is 0 Å². The number of hydrogen-bond donors (Lipinski definition) is 0. The van der Waals surface area contributed by atoms with E-state index in [0.29, 0.717) is 5.92 Å². The molecule has 0 aromatic heterocycles. The Labute approximate surface area is 114 Å². The van der Waals surface area contributed by atoms with Crippen molar-refractivity contribution in [2.75, 3.05) is 12.4 Å². The number of benzene rings is 1. The lowest BCUT2D eigenvalue weighted by Gasteiger charge is -2.13. The zero-order chi connectivity index (χ0) is 13.4. The molecule has 98 valence electrons. The van der Waals surface area contributed by atoms with Crippen LogP contribution in [0.3, 0.4) is 0 Å². The van der Waals surface area contributed by atoms with E-state index < -0.39 is 0 Å². The van der Waals surface area contributed by atoms with Crippen molar-refractivity contribution in [1.29, 1.82) is 5.26 Å². The molecule has 1 atom stereocenters. The van der Waals surface area contributed by atoms with Crippen LogP contribution in [0.15, 0.2) is 18.2 Å². The normalized spacial score (nSPS) is 11.9. The number of rotatable bonds is 7. The quantitative estimate of drug-likeness (QED) is 0.692. The summed E-state index contributed by atoms with van der Waals surface area (Å²) in [5.41, 5.74) is 2.63. The molecule has 1 rings (SSSR count). The van der Waals surface area contributed by atoms with Crippen LogP contribution < -0.4 is 4.74 Å². The van der Waals surface area contributed by atoms with E-state index in [1.165, 1.54) is 22.9 Å². The van der Waals surface area contributed by atoms with E-state index in [1.807, 2.05) is 6.07 Å². The van der Waals surface area contributed by atoms with Gasteiger partial charge < -0.3 is 4.74 Å². The number of thiocyanates is 1. The molecule has 0 fully saturated rings. The van der Waals surface area contributed by atoms with E-state index in [2.05, 4.69) is 38.3 Å². The number of thioether (sulfide) groups is 1. The molecular weight excluding hydrogens is 242 g/mol. The maximum atomic E-state index is 8.55. The lowest BCUT2D eigenvalue weighted by Crippen LogP contribution is -2.04. The summed E-state index contributed by atoms with van der Waals surface area (Å²) >= 11 is 1.34. The Kier molecular flexibility index (Phi) is 6.67. The molecule has 1 aromatic rings. The molecule has 0 saturated carbocycles. The minimum Gasteiger partial charge on any atom is -0.494 e. The molecule has 3 heteroatoms. The molecule has 0 saturated heterocycles. The molecule has 1 unspecified atom stereocenters. The Balaban J connectivity index is 2.59. The highest BCUT2D eigenvalue weighted by Gasteiger charge is 2.07. The second-order valence-corrected chi connectivity index (χ2v) is 5.45. The molecular formula is C15H21NOS. The van der Waals surface area contributed by atoms with Crippen molar-refractivity contribution < 1.29 is 4.74 Å².